The summed E-state index contributed by atoms with van der Waals surface area (Å²) in [6.45, 7) is 0. The van der Waals surface area contributed by atoms with Crippen LogP contribution in [0.4, 0.5) is 87.7 Å². The molecule has 0 aliphatic rings. The minimum Gasteiger partial charge on any atom is -0.486 e. The van der Waals surface area contributed by atoms with Gasteiger partial charge in [-0.05, 0) is 0 Å². The van der Waals surface area contributed by atoms with Crippen LogP contribution in [-0.4, -0.2) is 55.4 Å². The third kappa shape index (κ3) is 4.84. The molecule has 0 rings (SSSR count). The van der Waals surface area contributed by atoms with Gasteiger partial charge in [0.2, 0.25) is 0 Å². The molecule has 31 heavy (non-hydrogen) atoms. The van der Waals surface area contributed by atoms with Crippen LogP contribution in [0.25, 0.3) is 0 Å². The van der Waals surface area contributed by atoms with Crippen LogP contribution in [0.2, 0.25) is 0 Å². The second kappa shape index (κ2) is 7.30. The molecule has 0 fully saturated rings. The molecule has 0 radical (unpaired) electrons. The average Bonchev–Trinajstić information content (AvgIpc) is 2.33. The number of halogens is 20. The smallest absolute Gasteiger partial charge is 0.486 e. The molecule has 0 aromatic carbocycles. The largest absolute Gasteiger partial charge is 0.603 e. The molecule has 0 saturated carbocycles. The molecular weight excluding hydrogens is 519 g/mol. The van der Waals surface area contributed by atoms with Crippen LogP contribution in [0.15, 0.2) is 0 Å². The molecule has 0 aliphatic carbocycles. The van der Waals surface area contributed by atoms with E-state index in [4.69, 9.17) is 0 Å². The van der Waals surface area contributed by atoms with Crippen molar-refractivity contribution in [2.75, 3.05) is 0 Å². The first-order valence-electron chi connectivity index (χ1n) is 6.22. The van der Waals surface area contributed by atoms with Gasteiger partial charge in [0, 0.05) is 0 Å². The minimum atomic E-state index is -8.94. The van der Waals surface area contributed by atoms with Gasteiger partial charge in [-0.15, -0.1) is 0 Å². The SMILES string of the molecule is F[B-](F)(OC(C(F)(F)F)(C(F)(F)F)C(F)(F)F)OC(C(F)(F)F)(C(F)(F)F)C(F)(F)F. The molecule has 0 aromatic heterocycles. The van der Waals surface area contributed by atoms with E-state index in [1.165, 1.54) is 9.31 Å². The van der Waals surface area contributed by atoms with E-state index in [9.17, 15) is 87.7 Å². The van der Waals surface area contributed by atoms with Gasteiger partial charge in [-0.25, -0.2) is 0 Å². The van der Waals surface area contributed by atoms with Crippen LogP contribution >= 0.6 is 0 Å². The molecule has 0 bridgehead atoms. The topological polar surface area (TPSA) is 18.5 Å². The number of rotatable bonds is 4. The highest BCUT2D eigenvalue weighted by atomic mass is 19.4. The third-order valence-electron chi connectivity index (χ3n) is 3.02. The highest BCUT2D eigenvalue weighted by Gasteiger charge is 2.88. The zero-order chi connectivity index (χ0) is 25.9. The van der Waals surface area contributed by atoms with Crippen LogP contribution < -0.4 is 0 Å². The van der Waals surface area contributed by atoms with E-state index in [1.54, 1.807) is 0 Å². The summed E-state index contributed by atoms with van der Waals surface area (Å²) >= 11 is 0. The molecule has 0 amide bonds. The Hall–Kier alpha value is -1.42. The van der Waals surface area contributed by atoms with Crippen molar-refractivity contribution >= 4 is 7.11 Å². The lowest BCUT2D eigenvalue weighted by Crippen LogP contribution is -2.74. The second-order valence-corrected chi connectivity index (χ2v) is 5.12. The lowest BCUT2D eigenvalue weighted by atomic mass is 9.95. The number of hydrogen-bond acceptors (Lipinski definition) is 2. The minimum absolute atomic E-state index is 1.19. The summed E-state index contributed by atoms with van der Waals surface area (Å²) in [5.41, 5.74) is -16.5. The fourth-order valence-corrected chi connectivity index (χ4v) is 1.80. The maximum atomic E-state index is 13.2. The van der Waals surface area contributed by atoms with Crippen LogP contribution in [-0.2, 0) is 9.31 Å². The summed E-state index contributed by atoms with van der Waals surface area (Å²) in [5, 5.41) is 0. The maximum Gasteiger partial charge on any atom is 0.603 e. The molecule has 0 spiro atoms. The second-order valence-electron chi connectivity index (χ2n) is 5.12. The summed E-state index contributed by atoms with van der Waals surface area (Å²) in [4.78, 5) is 0. The molecule has 0 aliphatic heterocycles. The van der Waals surface area contributed by atoms with Gasteiger partial charge in [-0.3, -0.25) is 0 Å². The molecule has 0 atom stereocenters. The lowest BCUT2D eigenvalue weighted by Gasteiger charge is -2.48. The predicted octanol–water partition coefficient (Wildman–Crippen LogP) is 6.25. The van der Waals surface area contributed by atoms with Crippen LogP contribution in [0, 0.1) is 0 Å². The Bertz CT molecular complexity index is 500. The summed E-state index contributed by atoms with van der Waals surface area (Å²) in [5.74, 6) is 0. The van der Waals surface area contributed by atoms with E-state index in [-0.39, 0.29) is 0 Å². The van der Waals surface area contributed by atoms with Crippen molar-refractivity contribution < 1.29 is 97.0 Å². The average molecular weight is 519 g/mol. The van der Waals surface area contributed by atoms with E-state index in [1.807, 2.05) is 0 Å². The van der Waals surface area contributed by atoms with Crippen molar-refractivity contribution in [3.8, 4) is 0 Å². The standard InChI is InChI=1S/C8BF20O2/c10-3(11,12)1(4(13,14)15,5(16,17)18)30-9(28,29)31-2(6(19,20)21,7(22,23)24)8(25,26)27/q-1. The third-order valence-corrected chi connectivity index (χ3v) is 3.02. The molecule has 0 aromatic rings. The monoisotopic (exact) mass is 519 g/mol. The van der Waals surface area contributed by atoms with Crippen LogP contribution in [0.1, 0.15) is 0 Å². The molecule has 0 heterocycles. The molecule has 188 valence electrons. The first kappa shape index (κ1) is 29.6. The Labute approximate surface area is 154 Å². The van der Waals surface area contributed by atoms with Crippen molar-refractivity contribution in [3.05, 3.63) is 0 Å². The van der Waals surface area contributed by atoms with Crippen LogP contribution in [0.5, 0.6) is 0 Å². The quantitative estimate of drug-likeness (QED) is 0.324. The first-order chi connectivity index (χ1) is 12.9. The Morgan fingerprint density at radius 2 is 0.452 bits per heavy atom. The normalized spacial score (nSPS) is 16.6. The van der Waals surface area contributed by atoms with Crippen molar-refractivity contribution in [1.82, 2.24) is 0 Å². The van der Waals surface area contributed by atoms with Gasteiger partial charge in [0.1, 0.15) is 0 Å². The van der Waals surface area contributed by atoms with Crippen molar-refractivity contribution in [3.63, 3.8) is 0 Å². The van der Waals surface area contributed by atoms with Gasteiger partial charge in [0.25, 0.3) is 0 Å². The molecule has 0 saturated heterocycles. The van der Waals surface area contributed by atoms with E-state index in [0.29, 0.717) is 0 Å². The van der Waals surface area contributed by atoms with E-state index in [2.05, 4.69) is 0 Å². The van der Waals surface area contributed by atoms with Gasteiger partial charge >= 0.3 is 55.4 Å². The Balaban J connectivity index is 7.04. The summed E-state index contributed by atoms with van der Waals surface area (Å²) < 4.78 is 252. The van der Waals surface area contributed by atoms with Crippen molar-refractivity contribution in [2.24, 2.45) is 0 Å². The van der Waals surface area contributed by atoms with Gasteiger partial charge in [0.05, 0.1) is 0 Å². The van der Waals surface area contributed by atoms with Gasteiger partial charge in [0.15, 0.2) is 0 Å². The van der Waals surface area contributed by atoms with E-state index < -0.39 is 55.4 Å². The van der Waals surface area contributed by atoms with Crippen LogP contribution in [0.3, 0.4) is 0 Å². The van der Waals surface area contributed by atoms with Crippen molar-refractivity contribution in [2.45, 2.75) is 48.3 Å². The Morgan fingerprint density at radius 3 is 0.548 bits per heavy atom. The summed E-state index contributed by atoms with van der Waals surface area (Å²) in [7, 11) is -8.94. The van der Waals surface area contributed by atoms with Gasteiger partial charge in [-0.1, -0.05) is 0 Å². The fourth-order valence-electron chi connectivity index (χ4n) is 1.80. The number of alkyl halides is 18. The molecular formula is C8BF20O2-. The van der Waals surface area contributed by atoms with E-state index >= 15 is 0 Å². The maximum absolute atomic E-state index is 13.2. The number of hydrogen-bond donors (Lipinski definition) is 0. The Kier molecular flexibility index (Phi) is 6.97. The molecule has 23 heteroatoms. The predicted molar refractivity (Wildman–Crippen MR) is 51.9 cm³/mol. The zero-order valence-electron chi connectivity index (χ0n) is 13.0. The van der Waals surface area contributed by atoms with Gasteiger partial charge < -0.3 is 17.9 Å². The highest BCUT2D eigenvalue weighted by Crippen LogP contribution is 2.59. The lowest BCUT2D eigenvalue weighted by molar-refractivity contribution is -0.463. The zero-order valence-corrected chi connectivity index (χ0v) is 13.0. The Morgan fingerprint density at radius 1 is 0.323 bits per heavy atom. The van der Waals surface area contributed by atoms with Gasteiger partial charge in [-0.2, -0.15) is 79.0 Å². The highest BCUT2D eigenvalue weighted by molar-refractivity contribution is 6.52. The van der Waals surface area contributed by atoms with E-state index in [0.717, 1.165) is 0 Å². The summed E-state index contributed by atoms with van der Waals surface area (Å²) in [6.07, 6.45) is -48.9. The molecule has 2 nitrogen and oxygen atoms in total. The fraction of sp³-hybridized carbons (Fsp3) is 1.00. The molecule has 0 unspecified atom stereocenters. The van der Waals surface area contributed by atoms with Crippen molar-refractivity contribution in [1.29, 1.82) is 0 Å². The first-order valence-corrected chi connectivity index (χ1v) is 6.22. The summed E-state index contributed by atoms with van der Waals surface area (Å²) in [6, 6.07) is 0. The molecule has 0 N–H and O–H groups in total.